The first-order valence-electron chi connectivity index (χ1n) is 7.10. The lowest BCUT2D eigenvalue weighted by molar-refractivity contribution is 0.0998. The minimum Gasteiger partial charge on any atom is -0.366 e. The maximum atomic E-state index is 12.3. The Morgan fingerprint density at radius 1 is 1.05 bits per heavy atom. The topological polar surface area (TPSA) is 72.2 Å². The van der Waals surface area contributed by atoms with Crippen molar-refractivity contribution in [2.45, 2.75) is 17.7 Å². The third-order valence-corrected chi connectivity index (χ3v) is 4.80. The fourth-order valence-corrected chi connectivity index (χ4v) is 3.44. The Bertz CT molecular complexity index is 726. The van der Waals surface area contributed by atoms with Crippen molar-refractivity contribution in [2.75, 3.05) is 11.1 Å². The van der Waals surface area contributed by atoms with Gasteiger partial charge in [-0.1, -0.05) is 0 Å². The standard InChI is InChI=1S/C17H16N2O2S/c18-16(20)11-3-6-14(7-4-11)19-17(21)13-5-8-15-12(10-13)2-1-9-22-15/h3-8,10H,1-2,9H2,(H2,18,20)(H,19,21). The van der Waals surface area contributed by atoms with Gasteiger partial charge in [-0.3, -0.25) is 9.59 Å². The zero-order valence-corrected chi connectivity index (χ0v) is 12.8. The molecule has 2 aromatic rings. The normalized spacial score (nSPS) is 13.3. The molecular formula is C17H16N2O2S. The summed E-state index contributed by atoms with van der Waals surface area (Å²) in [5.74, 6) is 0.514. The van der Waals surface area contributed by atoms with Crippen LogP contribution in [0.15, 0.2) is 47.4 Å². The van der Waals surface area contributed by atoms with E-state index in [1.54, 1.807) is 24.3 Å². The summed E-state index contributed by atoms with van der Waals surface area (Å²) in [5, 5.41) is 2.83. The van der Waals surface area contributed by atoms with Crippen molar-refractivity contribution in [2.24, 2.45) is 5.73 Å². The second kappa shape index (κ2) is 6.23. The summed E-state index contributed by atoms with van der Waals surface area (Å²) in [6, 6.07) is 12.4. The zero-order chi connectivity index (χ0) is 15.5. The summed E-state index contributed by atoms with van der Waals surface area (Å²) < 4.78 is 0. The molecule has 0 aromatic heterocycles. The number of aryl methyl sites for hydroxylation is 1. The van der Waals surface area contributed by atoms with E-state index in [0.29, 0.717) is 16.8 Å². The smallest absolute Gasteiger partial charge is 0.255 e. The maximum Gasteiger partial charge on any atom is 0.255 e. The number of nitrogens with two attached hydrogens (primary N) is 1. The number of fused-ring (bicyclic) bond motifs is 1. The van der Waals surface area contributed by atoms with E-state index in [1.165, 1.54) is 10.5 Å². The molecule has 2 amide bonds. The summed E-state index contributed by atoms with van der Waals surface area (Å²) in [4.78, 5) is 24.6. The Kier molecular flexibility index (Phi) is 4.15. The molecule has 3 rings (SSSR count). The number of amides is 2. The first kappa shape index (κ1) is 14.7. The van der Waals surface area contributed by atoms with Crippen LogP contribution in [0, 0.1) is 0 Å². The van der Waals surface area contributed by atoms with Crippen LogP contribution in [0.1, 0.15) is 32.7 Å². The number of anilines is 1. The van der Waals surface area contributed by atoms with Gasteiger partial charge in [-0.05, 0) is 66.6 Å². The number of nitrogens with one attached hydrogen (secondary N) is 1. The van der Waals surface area contributed by atoms with Gasteiger partial charge in [0.2, 0.25) is 5.91 Å². The molecule has 0 saturated heterocycles. The molecule has 0 radical (unpaired) electrons. The summed E-state index contributed by atoms with van der Waals surface area (Å²) in [6.07, 6.45) is 2.17. The second-order valence-corrected chi connectivity index (χ2v) is 6.31. The van der Waals surface area contributed by atoms with Crippen molar-refractivity contribution in [3.63, 3.8) is 0 Å². The number of carbonyl (C=O) groups is 2. The number of rotatable bonds is 3. The highest BCUT2D eigenvalue weighted by Crippen LogP contribution is 2.30. The SMILES string of the molecule is NC(=O)c1ccc(NC(=O)c2ccc3c(c2)CCCS3)cc1. The van der Waals surface area contributed by atoms with Gasteiger partial charge >= 0.3 is 0 Å². The molecular weight excluding hydrogens is 296 g/mol. The van der Waals surface area contributed by atoms with Gasteiger partial charge in [-0.15, -0.1) is 11.8 Å². The van der Waals surface area contributed by atoms with Gasteiger partial charge in [0.05, 0.1) is 0 Å². The number of thioether (sulfide) groups is 1. The van der Waals surface area contributed by atoms with Gasteiger partial charge in [0, 0.05) is 21.7 Å². The predicted molar refractivity (Wildman–Crippen MR) is 88.4 cm³/mol. The molecule has 0 spiro atoms. The fourth-order valence-electron chi connectivity index (χ4n) is 2.42. The van der Waals surface area contributed by atoms with Crippen LogP contribution >= 0.6 is 11.8 Å². The molecule has 0 saturated carbocycles. The van der Waals surface area contributed by atoms with E-state index in [-0.39, 0.29) is 5.91 Å². The zero-order valence-electron chi connectivity index (χ0n) is 12.0. The van der Waals surface area contributed by atoms with Crippen LogP contribution < -0.4 is 11.1 Å². The number of hydrogen-bond donors (Lipinski definition) is 2. The first-order chi connectivity index (χ1) is 10.6. The number of hydrogen-bond acceptors (Lipinski definition) is 3. The summed E-state index contributed by atoms with van der Waals surface area (Å²) in [6.45, 7) is 0. The van der Waals surface area contributed by atoms with Gasteiger partial charge in [0.1, 0.15) is 0 Å². The highest BCUT2D eigenvalue weighted by molar-refractivity contribution is 7.99. The minimum absolute atomic E-state index is 0.148. The highest BCUT2D eigenvalue weighted by Gasteiger charge is 2.13. The van der Waals surface area contributed by atoms with Gasteiger partial charge in [-0.2, -0.15) is 0 Å². The molecule has 112 valence electrons. The van der Waals surface area contributed by atoms with Crippen molar-refractivity contribution in [1.82, 2.24) is 0 Å². The molecule has 1 aliphatic rings. The van der Waals surface area contributed by atoms with Crippen LogP contribution in [-0.4, -0.2) is 17.6 Å². The molecule has 22 heavy (non-hydrogen) atoms. The molecule has 0 fully saturated rings. The lowest BCUT2D eigenvalue weighted by atomic mass is 10.1. The Balaban J connectivity index is 1.75. The van der Waals surface area contributed by atoms with Crippen LogP contribution in [0.3, 0.4) is 0 Å². The lowest BCUT2D eigenvalue weighted by Crippen LogP contribution is -2.14. The number of benzene rings is 2. The first-order valence-corrected chi connectivity index (χ1v) is 8.09. The Morgan fingerprint density at radius 3 is 2.50 bits per heavy atom. The molecule has 5 heteroatoms. The summed E-state index contributed by atoms with van der Waals surface area (Å²) in [7, 11) is 0. The minimum atomic E-state index is -0.481. The van der Waals surface area contributed by atoms with Crippen molar-refractivity contribution in [1.29, 1.82) is 0 Å². The molecule has 1 heterocycles. The van der Waals surface area contributed by atoms with Gasteiger partial charge in [-0.25, -0.2) is 0 Å². The summed E-state index contributed by atoms with van der Waals surface area (Å²) >= 11 is 1.84. The molecule has 0 bridgehead atoms. The molecule has 2 aromatic carbocycles. The third kappa shape index (κ3) is 3.14. The van der Waals surface area contributed by atoms with E-state index < -0.39 is 5.91 Å². The number of carbonyl (C=O) groups excluding carboxylic acids is 2. The predicted octanol–water partition coefficient (Wildman–Crippen LogP) is 3.08. The second-order valence-electron chi connectivity index (χ2n) is 5.17. The Hall–Kier alpha value is -2.27. The fraction of sp³-hybridized carbons (Fsp3) is 0.176. The van der Waals surface area contributed by atoms with Gasteiger partial charge in [0.15, 0.2) is 0 Å². The Morgan fingerprint density at radius 2 is 1.77 bits per heavy atom. The molecule has 0 aliphatic carbocycles. The van der Waals surface area contributed by atoms with Crippen LogP contribution in [0.4, 0.5) is 5.69 Å². The van der Waals surface area contributed by atoms with Crippen molar-refractivity contribution in [3.8, 4) is 0 Å². The summed E-state index contributed by atoms with van der Waals surface area (Å²) in [5.41, 5.74) is 8.15. The Labute approximate surface area is 133 Å². The number of primary amides is 1. The van der Waals surface area contributed by atoms with E-state index in [4.69, 9.17) is 5.73 Å². The molecule has 0 unspecified atom stereocenters. The third-order valence-electron chi connectivity index (χ3n) is 3.60. The van der Waals surface area contributed by atoms with Crippen molar-refractivity contribution in [3.05, 3.63) is 59.2 Å². The van der Waals surface area contributed by atoms with E-state index >= 15 is 0 Å². The van der Waals surface area contributed by atoms with Crippen molar-refractivity contribution < 1.29 is 9.59 Å². The van der Waals surface area contributed by atoms with Crippen LogP contribution in [0.5, 0.6) is 0 Å². The van der Waals surface area contributed by atoms with E-state index in [9.17, 15) is 9.59 Å². The van der Waals surface area contributed by atoms with Crippen molar-refractivity contribution >= 4 is 29.3 Å². The van der Waals surface area contributed by atoms with Gasteiger partial charge < -0.3 is 11.1 Å². The van der Waals surface area contributed by atoms with Crippen LogP contribution in [-0.2, 0) is 6.42 Å². The monoisotopic (exact) mass is 312 g/mol. The molecule has 1 aliphatic heterocycles. The molecule has 3 N–H and O–H groups in total. The molecule has 0 atom stereocenters. The largest absolute Gasteiger partial charge is 0.366 e. The maximum absolute atomic E-state index is 12.3. The van der Waals surface area contributed by atoms with E-state index in [2.05, 4.69) is 5.32 Å². The van der Waals surface area contributed by atoms with E-state index in [1.807, 2.05) is 30.0 Å². The average Bonchev–Trinajstić information content (AvgIpc) is 2.55. The quantitative estimate of drug-likeness (QED) is 0.915. The van der Waals surface area contributed by atoms with E-state index in [0.717, 1.165) is 18.6 Å². The average molecular weight is 312 g/mol. The van der Waals surface area contributed by atoms with Crippen LogP contribution in [0.2, 0.25) is 0 Å². The lowest BCUT2D eigenvalue weighted by Gasteiger charge is -2.16. The van der Waals surface area contributed by atoms with Crippen LogP contribution in [0.25, 0.3) is 0 Å². The highest BCUT2D eigenvalue weighted by atomic mass is 32.2. The van der Waals surface area contributed by atoms with Gasteiger partial charge in [0.25, 0.3) is 5.91 Å². The molecule has 4 nitrogen and oxygen atoms in total.